The van der Waals surface area contributed by atoms with Gasteiger partial charge in [0.1, 0.15) is 0 Å². The van der Waals surface area contributed by atoms with Crippen molar-refractivity contribution < 1.29 is 20.1 Å². The molecule has 34 heavy (non-hydrogen) atoms. The molecule has 0 amide bonds. The number of carbonyl (C=O) groups is 1. The van der Waals surface area contributed by atoms with Crippen molar-refractivity contribution in [2.75, 3.05) is 6.61 Å². The van der Waals surface area contributed by atoms with E-state index in [1.807, 2.05) is 0 Å². The van der Waals surface area contributed by atoms with Crippen molar-refractivity contribution in [1.82, 2.24) is 0 Å². The Morgan fingerprint density at radius 1 is 0.941 bits per heavy atom. The fourth-order valence-electron chi connectivity index (χ4n) is 10.7. The zero-order chi connectivity index (χ0) is 24.9. The van der Waals surface area contributed by atoms with Crippen LogP contribution in [0.25, 0.3) is 0 Å². The van der Waals surface area contributed by atoms with Crippen molar-refractivity contribution in [1.29, 1.82) is 0 Å². The fraction of sp³-hybridized carbons (Fsp3) is 0.900. The molecule has 3 N–H and O–H groups in total. The summed E-state index contributed by atoms with van der Waals surface area (Å²) in [7, 11) is 0. The van der Waals surface area contributed by atoms with Crippen LogP contribution in [-0.2, 0) is 4.79 Å². The third-order valence-corrected chi connectivity index (χ3v) is 13.2. The van der Waals surface area contributed by atoms with Gasteiger partial charge in [-0.15, -0.1) is 0 Å². The molecule has 5 aliphatic rings. The lowest BCUT2D eigenvalue weighted by Gasteiger charge is -2.71. The van der Waals surface area contributed by atoms with Gasteiger partial charge in [0.05, 0.1) is 18.1 Å². The van der Waals surface area contributed by atoms with Crippen molar-refractivity contribution in [3.8, 4) is 0 Å². The van der Waals surface area contributed by atoms with Gasteiger partial charge in [-0.3, -0.25) is 4.79 Å². The van der Waals surface area contributed by atoms with Gasteiger partial charge in [0, 0.05) is 5.41 Å². The second-order valence-corrected chi connectivity index (χ2v) is 14.9. The molecule has 0 spiro atoms. The summed E-state index contributed by atoms with van der Waals surface area (Å²) < 4.78 is 0. The lowest BCUT2D eigenvalue weighted by Crippen LogP contribution is -2.65. The molecule has 0 aliphatic heterocycles. The van der Waals surface area contributed by atoms with Crippen LogP contribution < -0.4 is 0 Å². The molecular formula is C30H48O4. The third kappa shape index (κ3) is 2.88. The van der Waals surface area contributed by atoms with Crippen LogP contribution in [0.4, 0.5) is 0 Å². The second-order valence-electron chi connectivity index (χ2n) is 14.9. The van der Waals surface area contributed by atoms with E-state index >= 15 is 0 Å². The molecule has 4 heteroatoms. The van der Waals surface area contributed by atoms with Crippen molar-refractivity contribution in [2.24, 2.45) is 50.2 Å². The Hall–Kier alpha value is -0.870. The monoisotopic (exact) mass is 472 g/mol. The van der Waals surface area contributed by atoms with Crippen LogP contribution in [-0.4, -0.2) is 34.0 Å². The number of rotatable bonds is 2. The second kappa shape index (κ2) is 7.34. The van der Waals surface area contributed by atoms with Gasteiger partial charge in [0.25, 0.3) is 0 Å². The SMILES string of the molecule is CC1(C)CC[C@]2(C(=O)O)CC[C@]3(C)C(=CCC4[C@@]5(C)CC[C@H](O)[C@@](C)(CO)C5CC[C@]43C)[C@H]2C1. The Kier molecular flexibility index (Phi) is 5.36. The maximum absolute atomic E-state index is 12.8. The molecule has 0 bridgehead atoms. The molecule has 0 aromatic carbocycles. The highest BCUT2D eigenvalue weighted by molar-refractivity contribution is 5.76. The highest BCUT2D eigenvalue weighted by atomic mass is 16.4. The average molecular weight is 473 g/mol. The summed E-state index contributed by atoms with van der Waals surface area (Å²) in [6, 6.07) is 0. The van der Waals surface area contributed by atoms with Crippen LogP contribution in [0, 0.1) is 50.2 Å². The van der Waals surface area contributed by atoms with Crippen LogP contribution in [0.5, 0.6) is 0 Å². The number of aliphatic hydroxyl groups is 2. The van der Waals surface area contributed by atoms with E-state index in [0.717, 1.165) is 64.2 Å². The Bertz CT molecular complexity index is 907. The van der Waals surface area contributed by atoms with Gasteiger partial charge in [0.15, 0.2) is 0 Å². The van der Waals surface area contributed by atoms with Crippen LogP contribution in [0.15, 0.2) is 11.6 Å². The first kappa shape index (κ1) is 24.8. The summed E-state index contributed by atoms with van der Waals surface area (Å²) >= 11 is 0. The van der Waals surface area contributed by atoms with E-state index in [1.54, 1.807) is 0 Å². The van der Waals surface area contributed by atoms with Crippen molar-refractivity contribution in [2.45, 2.75) is 112 Å². The largest absolute Gasteiger partial charge is 0.481 e. The zero-order valence-electron chi connectivity index (χ0n) is 22.4. The molecule has 5 aliphatic carbocycles. The van der Waals surface area contributed by atoms with Crippen LogP contribution >= 0.6 is 0 Å². The van der Waals surface area contributed by atoms with E-state index in [1.165, 1.54) is 5.57 Å². The van der Waals surface area contributed by atoms with E-state index in [2.05, 4.69) is 47.6 Å². The fourth-order valence-corrected chi connectivity index (χ4v) is 10.7. The van der Waals surface area contributed by atoms with Crippen LogP contribution in [0.3, 0.4) is 0 Å². The quantitative estimate of drug-likeness (QED) is 0.418. The average Bonchev–Trinajstić information content (AvgIpc) is 2.76. The number of hydrogen-bond acceptors (Lipinski definition) is 3. The minimum atomic E-state index is -0.588. The Morgan fingerprint density at radius 3 is 2.26 bits per heavy atom. The Balaban J connectivity index is 1.60. The van der Waals surface area contributed by atoms with E-state index in [0.29, 0.717) is 11.8 Å². The number of aliphatic carboxylic acids is 1. The van der Waals surface area contributed by atoms with Crippen molar-refractivity contribution in [3.05, 3.63) is 11.6 Å². The summed E-state index contributed by atoms with van der Waals surface area (Å²) in [5.74, 6) is 0.395. The summed E-state index contributed by atoms with van der Waals surface area (Å²) in [4.78, 5) is 12.8. The van der Waals surface area contributed by atoms with Gasteiger partial charge in [0.2, 0.25) is 0 Å². The molecule has 0 saturated heterocycles. The highest BCUT2D eigenvalue weighted by Crippen LogP contribution is 2.75. The minimum absolute atomic E-state index is 0.0204. The summed E-state index contributed by atoms with van der Waals surface area (Å²) in [6.45, 7) is 14.3. The third-order valence-electron chi connectivity index (χ3n) is 13.2. The molecule has 2 unspecified atom stereocenters. The van der Waals surface area contributed by atoms with E-state index < -0.39 is 22.9 Å². The number of aliphatic hydroxyl groups excluding tert-OH is 2. The summed E-state index contributed by atoms with van der Waals surface area (Å²) in [5, 5.41) is 31.8. The van der Waals surface area contributed by atoms with E-state index in [9.17, 15) is 20.1 Å². The number of carboxylic acids is 1. The molecule has 0 heterocycles. The molecule has 192 valence electrons. The van der Waals surface area contributed by atoms with Gasteiger partial charge in [-0.1, -0.05) is 53.2 Å². The normalized spacial score (nSPS) is 54.1. The Morgan fingerprint density at radius 2 is 1.62 bits per heavy atom. The van der Waals surface area contributed by atoms with E-state index in [-0.39, 0.29) is 34.2 Å². The summed E-state index contributed by atoms with van der Waals surface area (Å²) in [6.07, 6.45) is 11.6. The minimum Gasteiger partial charge on any atom is -0.481 e. The molecule has 0 radical (unpaired) electrons. The smallest absolute Gasteiger partial charge is 0.310 e. The standard InChI is InChI=1S/C30H48O4/c1-25(2)13-15-30(24(33)34)16-14-28(5)19(20(30)17-25)7-8-22-26(3)11-10-23(32)27(4,18-31)21(26)9-12-29(22,28)6/h7,20-23,31-32H,8-18H2,1-6H3,(H,33,34)/t20-,21?,22?,23+,26+,27+,28-,29-,30+/m1/s1. The van der Waals surface area contributed by atoms with Gasteiger partial charge >= 0.3 is 5.97 Å². The number of carboxylic acid groups (broad SMARTS) is 1. The molecule has 0 aromatic rings. The first-order valence-corrected chi connectivity index (χ1v) is 13.9. The number of allylic oxidation sites excluding steroid dienone is 2. The first-order chi connectivity index (χ1) is 15.7. The van der Waals surface area contributed by atoms with Crippen LogP contribution in [0.1, 0.15) is 106 Å². The van der Waals surface area contributed by atoms with Gasteiger partial charge < -0.3 is 15.3 Å². The molecule has 5 rings (SSSR count). The maximum atomic E-state index is 12.8. The molecule has 9 atom stereocenters. The van der Waals surface area contributed by atoms with Crippen molar-refractivity contribution in [3.63, 3.8) is 0 Å². The number of hydrogen-bond donors (Lipinski definition) is 3. The molecule has 4 fully saturated rings. The molecule has 4 saturated carbocycles. The maximum Gasteiger partial charge on any atom is 0.310 e. The first-order valence-electron chi connectivity index (χ1n) is 13.9. The summed E-state index contributed by atoms with van der Waals surface area (Å²) in [5.41, 5.74) is 0.858. The van der Waals surface area contributed by atoms with Gasteiger partial charge in [-0.05, 0) is 104 Å². The topological polar surface area (TPSA) is 77.8 Å². The predicted molar refractivity (Wildman–Crippen MR) is 134 cm³/mol. The van der Waals surface area contributed by atoms with Gasteiger partial charge in [-0.2, -0.15) is 0 Å². The number of fused-ring (bicyclic) bond motifs is 7. The highest BCUT2D eigenvalue weighted by Gasteiger charge is 2.69. The Labute approximate surface area is 206 Å². The lowest BCUT2D eigenvalue weighted by molar-refractivity contribution is -0.216. The van der Waals surface area contributed by atoms with E-state index in [4.69, 9.17) is 0 Å². The van der Waals surface area contributed by atoms with Gasteiger partial charge in [-0.25, -0.2) is 0 Å². The molecule has 0 aromatic heterocycles. The van der Waals surface area contributed by atoms with Crippen molar-refractivity contribution >= 4 is 5.97 Å². The predicted octanol–water partition coefficient (Wildman–Crippen LogP) is 6.21. The molecular weight excluding hydrogens is 424 g/mol. The lowest BCUT2D eigenvalue weighted by atomic mass is 9.33. The van der Waals surface area contributed by atoms with Crippen LogP contribution in [0.2, 0.25) is 0 Å². The molecule has 4 nitrogen and oxygen atoms in total. The zero-order valence-corrected chi connectivity index (χ0v) is 22.4.